The smallest absolute Gasteiger partial charge is 0.269 e. The molecule has 0 bridgehead atoms. The third-order valence-electron chi connectivity index (χ3n) is 5.70. The molecule has 2 heterocycles. The van der Waals surface area contributed by atoms with Crippen LogP contribution in [-0.4, -0.2) is 24.7 Å². The van der Waals surface area contributed by atoms with Crippen molar-refractivity contribution in [1.82, 2.24) is 0 Å². The van der Waals surface area contributed by atoms with Gasteiger partial charge in [-0.1, -0.05) is 30.3 Å². The van der Waals surface area contributed by atoms with Crippen molar-refractivity contribution in [3.63, 3.8) is 0 Å². The summed E-state index contributed by atoms with van der Waals surface area (Å²) in [5.41, 5.74) is 2.33. The lowest BCUT2D eigenvalue weighted by Crippen LogP contribution is -2.49. The molecule has 162 valence electrons. The molecule has 5 nitrogen and oxygen atoms in total. The Kier molecular flexibility index (Phi) is 4.89. The quantitative estimate of drug-likeness (QED) is 0.587. The van der Waals surface area contributed by atoms with E-state index in [1.54, 1.807) is 24.1 Å². The molecule has 0 saturated carbocycles. The van der Waals surface area contributed by atoms with E-state index >= 15 is 0 Å². The van der Waals surface area contributed by atoms with Crippen molar-refractivity contribution in [2.45, 2.75) is 11.4 Å². The van der Waals surface area contributed by atoms with Crippen LogP contribution in [0.1, 0.15) is 11.1 Å². The average Bonchev–Trinajstić information content (AvgIpc) is 3.27. The SMILES string of the molecule is COc1cccc(CN2C(=O)[C@@]3(SCC(=O)N3c3ccc(F)c(F)c3)c3ccccc32)c1. The van der Waals surface area contributed by atoms with Gasteiger partial charge in [-0.05, 0) is 35.9 Å². The summed E-state index contributed by atoms with van der Waals surface area (Å²) in [6, 6.07) is 17.9. The van der Waals surface area contributed by atoms with Gasteiger partial charge in [0.2, 0.25) is 10.8 Å². The summed E-state index contributed by atoms with van der Waals surface area (Å²) in [5, 5.41) is 0. The zero-order chi connectivity index (χ0) is 22.5. The number of hydrogen-bond donors (Lipinski definition) is 0. The van der Waals surface area contributed by atoms with Gasteiger partial charge >= 0.3 is 0 Å². The first-order valence-corrected chi connectivity index (χ1v) is 10.9. The molecule has 5 rings (SSSR count). The molecule has 2 amide bonds. The summed E-state index contributed by atoms with van der Waals surface area (Å²) < 4.78 is 32.9. The number of ether oxygens (including phenoxy) is 1. The highest BCUT2D eigenvalue weighted by Crippen LogP contribution is 2.56. The molecule has 1 spiro atoms. The largest absolute Gasteiger partial charge is 0.497 e. The Hall–Kier alpha value is -3.39. The molecule has 2 aliphatic rings. The first-order valence-electron chi connectivity index (χ1n) is 9.92. The minimum absolute atomic E-state index is 0.0477. The van der Waals surface area contributed by atoms with Gasteiger partial charge in [-0.2, -0.15) is 0 Å². The van der Waals surface area contributed by atoms with Crippen LogP contribution in [0.4, 0.5) is 20.2 Å². The first kappa shape index (κ1) is 20.5. The monoisotopic (exact) mass is 452 g/mol. The van der Waals surface area contributed by atoms with E-state index in [-0.39, 0.29) is 29.8 Å². The highest BCUT2D eigenvalue weighted by Gasteiger charge is 2.61. The summed E-state index contributed by atoms with van der Waals surface area (Å²) in [4.78, 5) is 28.4. The molecule has 3 aromatic rings. The highest BCUT2D eigenvalue weighted by atomic mass is 32.2. The number of carbonyl (C=O) groups is 2. The van der Waals surface area contributed by atoms with Crippen LogP contribution in [0.15, 0.2) is 66.7 Å². The van der Waals surface area contributed by atoms with E-state index in [1.807, 2.05) is 36.4 Å². The van der Waals surface area contributed by atoms with Crippen molar-refractivity contribution >= 4 is 35.0 Å². The fourth-order valence-electron chi connectivity index (χ4n) is 4.29. The standard InChI is InChI=1S/C24H18F2N2O3S/c1-31-17-6-4-5-15(11-17)13-27-21-8-3-2-7-18(21)24(23(27)30)28(22(29)14-32-24)16-9-10-19(25)20(26)12-16/h2-12H,13-14H2,1H3/t24-/m0/s1. The van der Waals surface area contributed by atoms with Crippen LogP contribution in [0.5, 0.6) is 5.75 Å². The molecule has 0 N–H and O–H groups in total. The van der Waals surface area contributed by atoms with Crippen LogP contribution in [-0.2, 0) is 21.0 Å². The van der Waals surface area contributed by atoms with Crippen LogP contribution in [0.25, 0.3) is 0 Å². The van der Waals surface area contributed by atoms with Crippen molar-refractivity contribution in [2.75, 3.05) is 22.7 Å². The first-order chi connectivity index (χ1) is 15.5. The Bertz CT molecular complexity index is 1250. The lowest BCUT2D eigenvalue weighted by Gasteiger charge is -2.33. The fraction of sp³-hybridized carbons (Fsp3) is 0.167. The molecule has 0 aromatic heterocycles. The topological polar surface area (TPSA) is 49.9 Å². The highest BCUT2D eigenvalue weighted by molar-refractivity contribution is 8.02. The zero-order valence-corrected chi connectivity index (χ0v) is 17.9. The Labute approximate surface area is 187 Å². The molecule has 3 aromatic carbocycles. The van der Waals surface area contributed by atoms with Crippen LogP contribution >= 0.6 is 11.8 Å². The van der Waals surface area contributed by atoms with Gasteiger partial charge in [-0.25, -0.2) is 8.78 Å². The maximum atomic E-state index is 14.0. The molecule has 1 atom stereocenters. The number of halogens is 2. The van der Waals surface area contributed by atoms with Gasteiger partial charge in [0.15, 0.2) is 11.6 Å². The van der Waals surface area contributed by atoms with Gasteiger partial charge in [0, 0.05) is 17.3 Å². The van der Waals surface area contributed by atoms with Crippen molar-refractivity contribution in [2.24, 2.45) is 0 Å². The second kappa shape index (κ2) is 7.63. The van der Waals surface area contributed by atoms with Crippen molar-refractivity contribution in [3.8, 4) is 5.75 Å². The Morgan fingerprint density at radius 2 is 1.81 bits per heavy atom. The van der Waals surface area contributed by atoms with E-state index in [0.717, 1.165) is 17.7 Å². The average molecular weight is 452 g/mol. The summed E-state index contributed by atoms with van der Waals surface area (Å²) in [6.45, 7) is 0.273. The number of fused-ring (bicyclic) bond motifs is 2. The van der Waals surface area contributed by atoms with Gasteiger partial charge in [0.1, 0.15) is 5.75 Å². The molecular formula is C24H18F2N2O3S. The van der Waals surface area contributed by atoms with Gasteiger partial charge in [0.05, 0.1) is 25.1 Å². The normalized spacial score (nSPS) is 19.7. The molecule has 1 saturated heterocycles. The number of anilines is 2. The number of carbonyl (C=O) groups excluding carboxylic acids is 2. The van der Waals surface area contributed by atoms with E-state index in [0.29, 0.717) is 17.0 Å². The van der Waals surface area contributed by atoms with Crippen LogP contribution < -0.4 is 14.5 Å². The lowest BCUT2D eigenvalue weighted by molar-refractivity contribution is -0.123. The molecule has 0 unspecified atom stereocenters. The number of thioether (sulfide) groups is 1. The van der Waals surface area contributed by atoms with Crippen molar-refractivity contribution in [3.05, 3.63) is 89.5 Å². The maximum Gasteiger partial charge on any atom is 0.269 e. The molecule has 0 radical (unpaired) electrons. The van der Waals surface area contributed by atoms with Crippen molar-refractivity contribution in [1.29, 1.82) is 0 Å². The van der Waals surface area contributed by atoms with Gasteiger partial charge in [-0.3, -0.25) is 14.5 Å². The molecule has 1 fully saturated rings. The van der Waals surface area contributed by atoms with E-state index in [2.05, 4.69) is 0 Å². The molecular weight excluding hydrogens is 434 g/mol. The Morgan fingerprint density at radius 1 is 1.00 bits per heavy atom. The van der Waals surface area contributed by atoms with Gasteiger partial charge < -0.3 is 9.64 Å². The summed E-state index contributed by atoms with van der Waals surface area (Å²) in [5.74, 6) is -2.01. The number of hydrogen-bond acceptors (Lipinski definition) is 4. The molecule has 0 aliphatic carbocycles. The number of para-hydroxylation sites is 1. The second-order valence-corrected chi connectivity index (χ2v) is 8.69. The minimum atomic E-state index is -1.38. The number of rotatable bonds is 4. The van der Waals surface area contributed by atoms with Crippen LogP contribution in [0.2, 0.25) is 0 Å². The van der Waals surface area contributed by atoms with E-state index in [1.165, 1.54) is 22.7 Å². The minimum Gasteiger partial charge on any atom is -0.497 e. The lowest BCUT2D eigenvalue weighted by atomic mass is 10.0. The Morgan fingerprint density at radius 3 is 2.59 bits per heavy atom. The van der Waals surface area contributed by atoms with E-state index in [4.69, 9.17) is 4.74 Å². The van der Waals surface area contributed by atoms with Gasteiger partial charge in [-0.15, -0.1) is 11.8 Å². The predicted octanol–water partition coefficient (Wildman–Crippen LogP) is 4.45. The third-order valence-corrected chi connectivity index (χ3v) is 7.09. The number of benzene rings is 3. The maximum absolute atomic E-state index is 14.0. The number of methoxy groups -OCH3 is 1. The van der Waals surface area contributed by atoms with E-state index < -0.39 is 16.5 Å². The third kappa shape index (κ3) is 2.97. The predicted molar refractivity (Wildman–Crippen MR) is 119 cm³/mol. The number of amides is 2. The fourth-order valence-corrected chi connectivity index (χ4v) is 5.65. The molecule has 8 heteroatoms. The molecule has 32 heavy (non-hydrogen) atoms. The zero-order valence-electron chi connectivity index (χ0n) is 17.0. The van der Waals surface area contributed by atoms with Gasteiger partial charge in [0.25, 0.3) is 5.91 Å². The van der Waals surface area contributed by atoms with Crippen LogP contribution in [0, 0.1) is 11.6 Å². The number of nitrogens with zero attached hydrogens (tertiary/aromatic N) is 2. The van der Waals surface area contributed by atoms with Crippen LogP contribution in [0.3, 0.4) is 0 Å². The summed E-state index contributed by atoms with van der Waals surface area (Å²) >= 11 is 1.19. The van der Waals surface area contributed by atoms with E-state index in [9.17, 15) is 18.4 Å². The Balaban J connectivity index is 1.63. The second-order valence-electron chi connectivity index (χ2n) is 7.52. The van der Waals surface area contributed by atoms with Crippen molar-refractivity contribution < 1.29 is 23.1 Å². The summed E-state index contributed by atoms with van der Waals surface area (Å²) in [7, 11) is 1.57. The summed E-state index contributed by atoms with van der Waals surface area (Å²) in [6.07, 6.45) is 0. The molecule has 2 aliphatic heterocycles.